The molecule has 0 heterocycles. The van der Waals surface area contributed by atoms with Crippen molar-refractivity contribution >= 4 is 18.3 Å². The number of halogens is 1. The SMILES string of the molecule is Cc1ccc(C[C@](C)(NC(C)c2ccccc2)C(N)=O)cc1.Cl. The molecule has 0 saturated carbocycles. The van der Waals surface area contributed by atoms with E-state index in [0.29, 0.717) is 6.42 Å². The van der Waals surface area contributed by atoms with Gasteiger partial charge in [0.25, 0.3) is 0 Å². The van der Waals surface area contributed by atoms with E-state index in [2.05, 4.69) is 17.4 Å². The van der Waals surface area contributed by atoms with E-state index in [4.69, 9.17) is 5.73 Å². The number of benzene rings is 2. The molecule has 124 valence electrons. The lowest BCUT2D eigenvalue weighted by Crippen LogP contribution is -2.55. The van der Waals surface area contributed by atoms with Crippen molar-refractivity contribution in [2.24, 2.45) is 5.73 Å². The Morgan fingerprint density at radius 2 is 1.70 bits per heavy atom. The first kappa shape index (κ1) is 19.2. The smallest absolute Gasteiger partial charge is 0.237 e. The van der Waals surface area contributed by atoms with Crippen LogP contribution in [0.15, 0.2) is 54.6 Å². The van der Waals surface area contributed by atoms with E-state index < -0.39 is 5.54 Å². The highest BCUT2D eigenvalue weighted by Crippen LogP contribution is 2.20. The third kappa shape index (κ3) is 5.08. The summed E-state index contributed by atoms with van der Waals surface area (Å²) in [6, 6.07) is 18.3. The molecule has 1 unspecified atom stereocenters. The van der Waals surface area contributed by atoms with Crippen LogP contribution in [-0.4, -0.2) is 11.4 Å². The number of aryl methyl sites for hydroxylation is 1. The maximum Gasteiger partial charge on any atom is 0.237 e. The van der Waals surface area contributed by atoms with Crippen LogP contribution in [0.4, 0.5) is 0 Å². The summed E-state index contributed by atoms with van der Waals surface area (Å²) in [7, 11) is 0. The topological polar surface area (TPSA) is 55.1 Å². The predicted molar refractivity (Wildman–Crippen MR) is 97.7 cm³/mol. The number of nitrogens with one attached hydrogen (secondary N) is 1. The molecule has 0 spiro atoms. The number of amides is 1. The largest absolute Gasteiger partial charge is 0.368 e. The van der Waals surface area contributed by atoms with Crippen LogP contribution in [0.2, 0.25) is 0 Å². The van der Waals surface area contributed by atoms with Crippen LogP contribution in [0.5, 0.6) is 0 Å². The van der Waals surface area contributed by atoms with Crippen LogP contribution < -0.4 is 11.1 Å². The number of carbonyl (C=O) groups excluding carboxylic acids is 1. The van der Waals surface area contributed by atoms with Gasteiger partial charge in [0.15, 0.2) is 0 Å². The van der Waals surface area contributed by atoms with Gasteiger partial charge in [0.05, 0.1) is 5.54 Å². The summed E-state index contributed by atoms with van der Waals surface area (Å²) in [6.07, 6.45) is 0.569. The van der Waals surface area contributed by atoms with Gasteiger partial charge >= 0.3 is 0 Å². The molecule has 3 N–H and O–H groups in total. The Labute approximate surface area is 144 Å². The molecular weight excluding hydrogens is 308 g/mol. The fourth-order valence-electron chi connectivity index (χ4n) is 2.63. The monoisotopic (exact) mass is 332 g/mol. The van der Waals surface area contributed by atoms with Crippen LogP contribution in [0.1, 0.15) is 36.6 Å². The van der Waals surface area contributed by atoms with Crippen LogP contribution in [0.3, 0.4) is 0 Å². The number of carbonyl (C=O) groups is 1. The maximum absolute atomic E-state index is 12.0. The van der Waals surface area contributed by atoms with Gasteiger partial charge in [-0.2, -0.15) is 0 Å². The molecule has 2 aromatic rings. The highest BCUT2D eigenvalue weighted by Gasteiger charge is 2.32. The minimum Gasteiger partial charge on any atom is -0.368 e. The Morgan fingerprint density at radius 1 is 1.13 bits per heavy atom. The highest BCUT2D eigenvalue weighted by molar-refractivity contribution is 5.85. The van der Waals surface area contributed by atoms with Crippen molar-refractivity contribution in [2.45, 2.75) is 38.8 Å². The molecule has 0 aromatic heterocycles. The molecule has 0 fully saturated rings. The van der Waals surface area contributed by atoms with Crippen molar-refractivity contribution in [1.82, 2.24) is 5.32 Å². The maximum atomic E-state index is 12.0. The Kier molecular flexibility index (Phi) is 6.79. The summed E-state index contributed by atoms with van der Waals surface area (Å²) in [5.41, 5.74) is 8.33. The van der Waals surface area contributed by atoms with E-state index in [1.54, 1.807) is 0 Å². The van der Waals surface area contributed by atoms with Crippen molar-refractivity contribution in [3.63, 3.8) is 0 Å². The van der Waals surface area contributed by atoms with Gasteiger partial charge in [0.2, 0.25) is 5.91 Å². The Balaban J connectivity index is 0.00000264. The van der Waals surface area contributed by atoms with Gasteiger partial charge in [-0.05, 0) is 38.3 Å². The minimum atomic E-state index is -0.787. The lowest BCUT2D eigenvalue weighted by molar-refractivity contribution is -0.124. The van der Waals surface area contributed by atoms with Gasteiger partial charge < -0.3 is 5.73 Å². The van der Waals surface area contributed by atoms with Gasteiger partial charge in [-0.3, -0.25) is 10.1 Å². The summed E-state index contributed by atoms with van der Waals surface area (Å²) >= 11 is 0. The normalized spacial score (nSPS) is 14.4. The first-order chi connectivity index (χ1) is 10.4. The second-order valence-corrected chi connectivity index (χ2v) is 6.14. The average Bonchev–Trinajstić information content (AvgIpc) is 2.50. The zero-order valence-corrected chi connectivity index (χ0v) is 14.7. The second-order valence-electron chi connectivity index (χ2n) is 6.14. The first-order valence-electron chi connectivity index (χ1n) is 7.59. The van der Waals surface area contributed by atoms with E-state index in [0.717, 1.165) is 11.1 Å². The highest BCUT2D eigenvalue weighted by atomic mass is 35.5. The van der Waals surface area contributed by atoms with Crippen molar-refractivity contribution in [3.05, 3.63) is 71.3 Å². The van der Waals surface area contributed by atoms with Crippen LogP contribution in [0.25, 0.3) is 0 Å². The van der Waals surface area contributed by atoms with E-state index in [1.807, 2.05) is 63.2 Å². The van der Waals surface area contributed by atoms with Gasteiger partial charge in [-0.15, -0.1) is 12.4 Å². The van der Waals surface area contributed by atoms with Crippen molar-refractivity contribution in [1.29, 1.82) is 0 Å². The van der Waals surface area contributed by atoms with Gasteiger partial charge in [0.1, 0.15) is 0 Å². The van der Waals surface area contributed by atoms with E-state index in [9.17, 15) is 4.79 Å². The number of primary amides is 1. The zero-order chi connectivity index (χ0) is 16.2. The molecule has 23 heavy (non-hydrogen) atoms. The molecule has 2 rings (SSSR count). The molecule has 0 aliphatic heterocycles. The molecule has 0 aliphatic carbocycles. The molecular formula is C19H25ClN2O. The van der Waals surface area contributed by atoms with Gasteiger partial charge in [-0.1, -0.05) is 60.2 Å². The van der Waals surface area contributed by atoms with Crippen LogP contribution in [0, 0.1) is 6.92 Å². The van der Waals surface area contributed by atoms with Crippen LogP contribution in [-0.2, 0) is 11.2 Å². The Morgan fingerprint density at radius 3 is 2.22 bits per heavy atom. The molecule has 2 atom stereocenters. The summed E-state index contributed by atoms with van der Waals surface area (Å²) < 4.78 is 0. The van der Waals surface area contributed by atoms with Crippen molar-refractivity contribution in [3.8, 4) is 0 Å². The average molecular weight is 333 g/mol. The van der Waals surface area contributed by atoms with Gasteiger partial charge in [-0.25, -0.2) is 0 Å². The molecule has 0 bridgehead atoms. The predicted octanol–water partition coefficient (Wildman–Crippen LogP) is 3.55. The number of hydrogen-bond acceptors (Lipinski definition) is 2. The minimum absolute atomic E-state index is 0. The lowest BCUT2D eigenvalue weighted by Gasteiger charge is -2.31. The molecule has 2 aromatic carbocycles. The number of nitrogens with two attached hydrogens (primary N) is 1. The molecule has 4 heteroatoms. The quantitative estimate of drug-likeness (QED) is 0.850. The summed E-state index contributed by atoms with van der Waals surface area (Å²) in [6.45, 7) is 5.97. The first-order valence-corrected chi connectivity index (χ1v) is 7.59. The third-order valence-electron chi connectivity index (χ3n) is 4.06. The molecule has 0 radical (unpaired) electrons. The summed E-state index contributed by atoms with van der Waals surface area (Å²) in [5, 5.41) is 3.40. The fourth-order valence-corrected chi connectivity index (χ4v) is 2.63. The van der Waals surface area contributed by atoms with Crippen LogP contribution >= 0.6 is 12.4 Å². The standard InChI is InChI=1S/C19H24N2O.ClH/c1-14-9-11-16(12-10-14)13-19(3,18(20)22)21-15(2)17-7-5-4-6-8-17;/h4-12,15,21H,13H2,1-3H3,(H2,20,22);1H/t15?,19-;/m0./s1. The molecule has 1 amide bonds. The van der Waals surface area contributed by atoms with Gasteiger partial charge in [0, 0.05) is 6.04 Å². The lowest BCUT2D eigenvalue weighted by atomic mass is 9.90. The Hall–Kier alpha value is -1.84. The molecule has 3 nitrogen and oxygen atoms in total. The Bertz CT molecular complexity index is 628. The number of hydrogen-bond donors (Lipinski definition) is 2. The van der Waals surface area contributed by atoms with Crippen molar-refractivity contribution in [2.75, 3.05) is 0 Å². The summed E-state index contributed by atoms with van der Waals surface area (Å²) in [5.74, 6) is -0.337. The van der Waals surface area contributed by atoms with Crippen molar-refractivity contribution < 1.29 is 4.79 Å². The second kappa shape index (κ2) is 8.14. The molecule has 0 aliphatic rings. The van der Waals surface area contributed by atoms with E-state index >= 15 is 0 Å². The zero-order valence-electron chi connectivity index (χ0n) is 13.9. The number of rotatable bonds is 6. The van der Waals surface area contributed by atoms with E-state index in [1.165, 1.54) is 5.56 Å². The third-order valence-corrected chi connectivity index (χ3v) is 4.06. The molecule has 0 saturated heterocycles. The fraction of sp³-hybridized carbons (Fsp3) is 0.316. The van der Waals surface area contributed by atoms with E-state index in [-0.39, 0.29) is 24.4 Å². The summed E-state index contributed by atoms with van der Waals surface area (Å²) in [4.78, 5) is 12.0.